The van der Waals surface area contributed by atoms with Gasteiger partial charge in [-0.15, -0.1) is 11.6 Å². The fraction of sp³-hybridized carbons (Fsp3) is 0.143. The second kappa shape index (κ2) is 4.76. The highest BCUT2D eigenvalue weighted by Crippen LogP contribution is 2.12. The normalized spacial score (nSPS) is 11.2. The number of hydrogen-bond acceptors (Lipinski definition) is 2. The molecule has 0 fully saturated rings. The number of nitrogens with zero attached hydrogens (tertiary/aromatic N) is 3. The Kier molecular flexibility index (Phi) is 3.06. The Morgan fingerprint density at radius 3 is 2.65 bits per heavy atom. The van der Waals surface area contributed by atoms with Crippen molar-refractivity contribution in [2.75, 3.05) is 0 Å². The number of rotatable bonds is 2. The first kappa shape index (κ1) is 12.9. The van der Waals surface area contributed by atoms with Gasteiger partial charge in [-0.1, -0.05) is 0 Å². The lowest BCUT2D eigenvalue weighted by Crippen LogP contribution is -2.26. The zero-order chi connectivity index (χ0) is 14.3. The van der Waals surface area contributed by atoms with Crippen molar-refractivity contribution in [3.63, 3.8) is 0 Å². The van der Waals surface area contributed by atoms with Crippen molar-refractivity contribution in [1.82, 2.24) is 14.0 Å². The summed E-state index contributed by atoms with van der Waals surface area (Å²) >= 11 is 5.74. The zero-order valence-electron chi connectivity index (χ0n) is 10.7. The van der Waals surface area contributed by atoms with Crippen LogP contribution >= 0.6 is 11.6 Å². The Morgan fingerprint density at radius 2 is 2.00 bits per heavy atom. The van der Waals surface area contributed by atoms with Crippen LogP contribution in [0.15, 0.2) is 41.3 Å². The molecule has 0 radical (unpaired) electrons. The number of benzene rings is 1. The van der Waals surface area contributed by atoms with Gasteiger partial charge in [-0.2, -0.15) is 0 Å². The largest absolute Gasteiger partial charge is 0.338 e. The highest BCUT2D eigenvalue weighted by Gasteiger charge is 2.10. The van der Waals surface area contributed by atoms with Crippen molar-refractivity contribution < 1.29 is 4.39 Å². The van der Waals surface area contributed by atoms with E-state index in [0.717, 1.165) is 5.69 Å². The van der Waals surface area contributed by atoms with Gasteiger partial charge in [0.1, 0.15) is 11.5 Å². The summed E-state index contributed by atoms with van der Waals surface area (Å²) in [7, 11) is 0. The van der Waals surface area contributed by atoms with Gasteiger partial charge in [0.25, 0.3) is 0 Å². The van der Waals surface area contributed by atoms with Crippen LogP contribution in [0.1, 0.15) is 11.4 Å². The van der Waals surface area contributed by atoms with Gasteiger partial charge >= 0.3 is 5.69 Å². The fourth-order valence-electron chi connectivity index (χ4n) is 2.18. The second-order valence-corrected chi connectivity index (χ2v) is 4.74. The summed E-state index contributed by atoms with van der Waals surface area (Å²) in [5.74, 6) is -0.0935. The molecule has 3 rings (SSSR count). The van der Waals surface area contributed by atoms with Gasteiger partial charge in [0, 0.05) is 18.0 Å². The van der Waals surface area contributed by atoms with Crippen LogP contribution in [0.4, 0.5) is 4.39 Å². The first-order chi connectivity index (χ1) is 9.60. The van der Waals surface area contributed by atoms with Gasteiger partial charge in [-0.05, 0) is 31.2 Å². The summed E-state index contributed by atoms with van der Waals surface area (Å²) in [4.78, 5) is 16.8. The quantitative estimate of drug-likeness (QED) is 0.681. The van der Waals surface area contributed by atoms with E-state index in [1.807, 2.05) is 0 Å². The lowest BCUT2D eigenvalue weighted by atomic mass is 10.3. The lowest BCUT2D eigenvalue weighted by molar-refractivity contribution is 0.627. The molecule has 4 nitrogen and oxygen atoms in total. The molecule has 2 heterocycles. The van der Waals surface area contributed by atoms with Gasteiger partial charge in [0.2, 0.25) is 0 Å². The van der Waals surface area contributed by atoms with E-state index in [1.165, 1.54) is 21.1 Å². The SMILES string of the molecule is Cc1cc2nc(CCl)cn2c(=O)n1-c1ccc(F)cc1. The van der Waals surface area contributed by atoms with E-state index in [-0.39, 0.29) is 17.4 Å². The zero-order valence-corrected chi connectivity index (χ0v) is 11.4. The van der Waals surface area contributed by atoms with Gasteiger partial charge < -0.3 is 0 Å². The average molecular weight is 292 g/mol. The minimum atomic E-state index is -0.340. The lowest BCUT2D eigenvalue weighted by Gasteiger charge is -2.10. The number of hydrogen-bond donors (Lipinski definition) is 0. The van der Waals surface area contributed by atoms with Gasteiger partial charge in [0.05, 0.1) is 17.3 Å². The monoisotopic (exact) mass is 291 g/mol. The molecule has 0 saturated carbocycles. The molecule has 1 aromatic carbocycles. The minimum Gasteiger partial charge on any atom is -0.266 e. The van der Waals surface area contributed by atoms with Gasteiger partial charge in [-0.3, -0.25) is 8.97 Å². The van der Waals surface area contributed by atoms with E-state index < -0.39 is 0 Å². The van der Waals surface area contributed by atoms with Crippen molar-refractivity contribution in [1.29, 1.82) is 0 Å². The Hall–Kier alpha value is -2.14. The molecule has 0 bridgehead atoms. The summed E-state index contributed by atoms with van der Waals surface area (Å²) < 4.78 is 15.9. The molecule has 3 aromatic rings. The molecule has 0 spiro atoms. The average Bonchev–Trinajstić information content (AvgIpc) is 2.84. The third-order valence-corrected chi connectivity index (χ3v) is 3.37. The molecule has 102 valence electrons. The van der Waals surface area contributed by atoms with Crippen LogP contribution in [-0.4, -0.2) is 14.0 Å². The van der Waals surface area contributed by atoms with E-state index >= 15 is 0 Å². The number of alkyl halides is 1. The first-order valence-corrected chi connectivity index (χ1v) is 6.56. The van der Waals surface area contributed by atoms with Crippen LogP contribution in [0.5, 0.6) is 0 Å². The van der Waals surface area contributed by atoms with Gasteiger partial charge in [-0.25, -0.2) is 14.2 Å². The predicted octanol–water partition coefficient (Wildman–Crippen LogP) is 2.67. The summed E-state index contributed by atoms with van der Waals surface area (Å²) in [6, 6.07) is 7.57. The molecule has 0 saturated heterocycles. The van der Waals surface area contributed by atoms with Crippen LogP contribution in [0.3, 0.4) is 0 Å². The third kappa shape index (κ3) is 2.00. The molecule has 0 atom stereocenters. The van der Waals surface area contributed by atoms with Crippen LogP contribution in [0.2, 0.25) is 0 Å². The third-order valence-electron chi connectivity index (χ3n) is 3.09. The second-order valence-electron chi connectivity index (χ2n) is 4.47. The summed E-state index contributed by atoms with van der Waals surface area (Å²) in [5, 5.41) is 0. The summed E-state index contributed by atoms with van der Waals surface area (Å²) in [6.45, 7) is 1.81. The van der Waals surface area contributed by atoms with Gasteiger partial charge in [0.15, 0.2) is 0 Å². The number of aromatic nitrogens is 3. The number of aryl methyl sites for hydroxylation is 1. The van der Waals surface area contributed by atoms with E-state index in [4.69, 9.17) is 11.6 Å². The Labute approximate surface area is 119 Å². The Balaban J connectivity index is 2.30. The molecule has 0 N–H and O–H groups in total. The number of imidazole rings is 1. The smallest absolute Gasteiger partial charge is 0.266 e. The van der Waals surface area contributed by atoms with Crippen molar-refractivity contribution in [2.45, 2.75) is 12.8 Å². The summed E-state index contributed by atoms with van der Waals surface area (Å²) in [5.41, 5.74) is 2.27. The van der Waals surface area contributed by atoms with E-state index in [2.05, 4.69) is 4.98 Å². The minimum absolute atomic E-state index is 0.247. The predicted molar refractivity (Wildman–Crippen MR) is 75.0 cm³/mol. The number of halogens is 2. The highest BCUT2D eigenvalue weighted by atomic mass is 35.5. The van der Waals surface area contributed by atoms with Crippen molar-refractivity contribution >= 4 is 17.2 Å². The van der Waals surface area contributed by atoms with Crippen molar-refractivity contribution in [2.24, 2.45) is 0 Å². The maximum Gasteiger partial charge on any atom is 0.338 e. The van der Waals surface area contributed by atoms with E-state index in [0.29, 0.717) is 17.0 Å². The molecular formula is C14H11ClFN3O. The van der Waals surface area contributed by atoms with Crippen molar-refractivity contribution in [3.05, 3.63) is 64.2 Å². The summed E-state index contributed by atoms with van der Waals surface area (Å²) in [6.07, 6.45) is 1.62. The Bertz CT molecular complexity index is 836. The van der Waals surface area contributed by atoms with E-state index in [1.54, 1.807) is 31.3 Å². The topological polar surface area (TPSA) is 39.3 Å². The molecule has 6 heteroatoms. The molecular weight excluding hydrogens is 281 g/mol. The molecule has 20 heavy (non-hydrogen) atoms. The van der Waals surface area contributed by atoms with Crippen LogP contribution < -0.4 is 5.69 Å². The maximum absolute atomic E-state index is 13.0. The maximum atomic E-state index is 13.0. The fourth-order valence-corrected chi connectivity index (χ4v) is 2.31. The molecule has 0 aliphatic rings. The number of fused-ring (bicyclic) bond motifs is 1. The molecule has 0 aliphatic heterocycles. The van der Waals surface area contributed by atoms with E-state index in [9.17, 15) is 9.18 Å². The van der Waals surface area contributed by atoms with Crippen molar-refractivity contribution in [3.8, 4) is 5.69 Å². The molecule has 0 unspecified atom stereocenters. The molecule has 0 aliphatic carbocycles. The molecule has 0 amide bonds. The molecule has 2 aromatic heterocycles. The van der Waals surface area contributed by atoms with Crippen LogP contribution in [0.25, 0.3) is 11.3 Å². The Morgan fingerprint density at radius 1 is 1.30 bits per heavy atom. The standard InChI is InChI=1S/C14H11ClFN3O/c1-9-6-13-17-11(7-15)8-18(13)14(20)19(9)12-4-2-10(16)3-5-12/h2-6,8H,7H2,1H3. The highest BCUT2D eigenvalue weighted by molar-refractivity contribution is 6.16. The first-order valence-electron chi connectivity index (χ1n) is 6.02. The van der Waals surface area contributed by atoms with Crippen LogP contribution in [0, 0.1) is 12.7 Å². The van der Waals surface area contributed by atoms with Crippen LogP contribution in [-0.2, 0) is 5.88 Å².